The van der Waals surface area contributed by atoms with Crippen molar-refractivity contribution in [3.63, 3.8) is 0 Å². The van der Waals surface area contributed by atoms with Gasteiger partial charge in [0.05, 0.1) is 0 Å². The number of rotatable bonds is 8. The lowest BCUT2D eigenvalue weighted by Crippen LogP contribution is -2.09. The zero-order valence-corrected chi connectivity index (χ0v) is 37.9. The normalized spacial score (nSPS) is 11.5. The van der Waals surface area contributed by atoms with E-state index in [1.807, 2.05) is 0 Å². The molecule has 322 valence electrons. The van der Waals surface area contributed by atoms with Crippen LogP contribution in [0.3, 0.4) is 0 Å². The van der Waals surface area contributed by atoms with E-state index in [9.17, 15) is 0 Å². The summed E-state index contributed by atoms with van der Waals surface area (Å²) in [5, 5.41) is 12.5. The summed E-state index contributed by atoms with van der Waals surface area (Å²) >= 11 is 0. The monoisotopic (exact) mass is 875 g/mol. The Kier molecular flexibility index (Phi) is 9.91. The number of anilines is 3. The second kappa shape index (κ2) is 17.0. The number of hydrogen-bond acceptors (Lipinski definition) is 1. The Morgan fingerprint density at radius 2 is 0.652 bits per heavy atom. The van der Waals surface area contributed by atoms with Gasteiger partial charge in [0.2, 0.25) is 0 Å². The Labute approximate surface area is 402 Å². The van der Waals surface area contributed by atoms with Gasteiger partial charge in [-0.3, -0.25) is 0 Å². The van der Waals surface area contributed by atoms with Gasteiger partial charge in [-0.15, -0.1) is 0 Å². The molecule has 13 rings (SSSR count). The fourth-order valence-corrected chi connectivity index (χ4v) is 10.8. The molecule has 0 unspecified atom stereocenters. The standard InChI is InChI=1S/C68H45N/c1-6-20-46(21-7-1)50-36-40-59-64(42-50)65-44-52(61-43-51-26-16-17-31-56(51)57-32-18-19-33-58(57)61)37-41-60(65)68-66(49-24-10-3-11-25-49)62(47-22-8-2-9-23-47)45-63(67(59)68)48-34-38-55(39-35-48)69(53-27-12-4-13-28-53)54-29-14-5-15-30-54/h1-45H. The first-order valence-corrected chi connectivity index (χ1v) is 23.8. The quantitative estimate of drug-likeness (QED) is 0.138. The smallest absolute Gasteiger partial charge is 0.0462 e. The van der Waals surface area contributed by atoms with Crippen LogP contribution in [0, 0.1) is 0 Å². The van der Waals surface area contributed by atoms with Gasteiger partial charge >= 0.3 is 0 Å². The van der Waals surface area contributed by atoms with E-state index in [2.05, 4.69) is 278 Å². The predicted molar refractivity (Wildman–Crippen MR) is 296 cm³/mol. The summed E-state index contributed by atoms with van der Waals surface area (Å²) in [6, 6.07) is 100. The van der Waals surface area contributed by atoms with Crippen molar-refractivity contribution in [1.82, 2.24) is 0 Å². The highest BCUT2D eigenvalue weighted by molar-refractivity contribution is 6.33. The molecule has 0 saturated carbocycles. The van der Waals surface area contributed by atoms with Gasteiger partial charge in [0, 0.05) is 17.1 Å². The van der Waals surface area contributed by atoms with Gasteiger partial charge in [0.1, 0.15) is 0 Å². The molecule has 0 bridgehead atoms. The summed E-state index contributed by atoms with van der Waals surface area (Å²) in [5.41, 5.74) is 15.3. The van der Waals surface area contributed by atoms with E-state index >= 15 is 0 Å². The van der Waals surface area contributed by atoms with Gasteiger partial charge < -0.3 is 4.90 Å². The zero-order chi connectivity index (χ0) is 45.7. The molecule has 0 radical (unpaired) electrons. The largest absolute Gasteiger partial charge is 0.311 e. The van der Waals surface area contributed by atoms with Crippen LogP contribution in [0.25, 0.3) is 109 Å². The molecule has 0 aliphatic rings. The molecular weight excluding hydrogens is 831 g/mol. The highest BCUT2D eigenvalue weighted by atomic mass is 15.1. The molecule has 13 aromatic rings. The molecule has 69 heavy (non-hydrogen) atoms. The Balaban J connectivity index is 1.15. The Morgan fingerprint density at radius 3 is 1.29 bits per heavy atom. The number of fused-ring (bicyclic) bond motifs is 9. The summed E-state index contributed by atoms with van der Waals surface area (Å²) in [7, 11) is 0. The molecule has 0 fully saturated rings. The average Bonchev–Trinajstić information content (AvgIpc) is 3.43. The van der Waals surface area contributed by atoms with Crippen molar-refractivity contribution >= 4 is 70.9 Å². The second-order valence-electron chi connectivity index (χ2n) is 18.0. The molecular formula is C68H45N. The van der Waals surface area contributed by atoms with Crippen molar-refractivity contribution in [3.8, 4) is 55.6 Å². The third-order valence-corrected chi connectivity index (χ3v) is 14.0. The lowest BCUT2D eigenvalue weighted by molar-refractivity contribution is 1.28. The minimum absolute atomic E-state index is 1.10. The first-order chi connectivity index (χ1) is 34.2. The molecule has 0 heterocycles. The van der Waals surface area contributed by atoms with E-state index in [4.69, 9.17) is 0 Å². The zero-order valence-electron chi connectivity index (χ0n) is 37.9. The van der Waals surface area contributed by atoms with E-state index in [0.717, 1.165) is 22.6 Å². The minimum atomic E-state index is 1.10. The summed E-state index contributed by atoms with van der Waals surface area (Å²) in [6.45, 7) is 0. The van der Waals surface area contributed by atoms with Crippen LogP contribution in [0.2, 0.25) is 0 Å². The first kappa shape index (κ1) is 40.3. The number of hydrogen-bond donors (Lipinski definition) is 0. The van der Waals surface area contributed by atoms with Crippen molar-refractivity contribution in [3.05, 3.63) is 273 Å². The van der Waals surface area contributed by atoms with Crippen LogP contribution in [0.15, 0.2) is 273 Å². The summed E-state index contributed by atoms with van der Waals surface area (Å²) in [4.78, 5) is 2.33. The molecule has 0 saturated heterocycles. The number of para-hydroxylation sites is 2. The van der Waals surface area contributed by atoms with Gasteiger partial charge in [-0.1, -0.05) is 212 Å². The summed E-state index contributed by atoms with van der Waals surface area (Å²) in [5.74, 6) is 0. The van der Waals surface area contributed by atoms with E-state index in [0.29, 0.717) is 0 Å². The summed E-state index contributed by atoms with van der Waals surface area (Å²) in [6.07, 6.45) is 0. The fourth-order valence-electron chi connectivity index (χ4n) is 10.8. The van der Waals surface area contributed by atoms with Crippen molar-refractivity contribution in [2.45, 2.75) is 0 Å². The van der Waals surface area contributed by atoms with Crippen LogP contribution >= 0.6 is 0 Å². The van der Waals surface area contributed by atoms with Crippen molar-refractivity contribution < 1.29 is 0 Å². The topological polar surface area (TPSA) is 3.24 Å². The molecule has 0 N–H and O–H groups in total. The van der Waals surface area contributed by atoms with Crippen molar-refractivity contribution in [2.75, 3.05) is 4.90 Å². The van der Waals surface area contributed by atoms with Crippen molar-refractivity contribution in [2.24, 2.45) is 0 Å². The minimum Gasteiger partial charge on any atom is -0.311 e. The van der Waals surface area contributed by atoms with Gasteiger partial charge in [0.25, 0.3) is 0 Å². The Hall–Kier alpha value is -9.04. The fraction of sp³-hybridized carbons (Fsp3) is 0. The first-order valence-electron chi connectivity index (χ1n) is 23.8. The van der Waals surface area contributed by atoms with Crippen LogP contribution in [0.1, 0.15) is 0 Å². The third kappa shape index (κ3) is 7.03. The second-order valence-corrected chi connectivity index (χ2v) is 18.0. The van der Waals surface area contributed by atoms with Gasteiger partial charge in [-0.05, 0) is 170 Å². The number of benzene rings is 13. The lowest BCUT2D eigenvalue weighted by atomic mass is 9.80. The predicted octanol–water partition coefficient (Wildman–Crippen LogP) is 19.3. The Bertz CT molecular complexity index is 3980. The molecule has 1 heteroatoms. The molecule has 0 amide bonds. The highest BCUT2D eigenvalue weighted by Gasteiger charge is 2.23. The van der Waals surface area contributed by atoms with Gasteiger partial charge in [-0.2, -0.15) is 0 Å². The molecule has 0 aliphatic carbocycles. The van der Waals surface area contributed by atoms with E-state index in [1.165, 1.54) is 104 Å². The molecule has 0 aromatic heterocycles. The van der Waals surface area contributed by atoms with Crippen LogP contribution < -0.4 is 4.90 Å². The SMILES string of the molecule is c1ccc(-c2ccc3c(c2)c2cc(-c4cc5ccccc5c5ccccc45)ccc2c2c(-c4ccccc4)c(-c4ccccc4)cc(-c4ccc(N(c5ccccc5)c5ccccc5)cc4)c32)cc1. The summed E-state index contributed by atoms with van der Waals surface area (Å²) < 4.78 is 0. The van der Waals surface area contributed by atoms with Crippen LogP contribution in [-0.2, 0) is 0 Å². The van der Waals surface area contributed by atoms with Crippen LogP contribution in [0.5, 0.6) is 0 Å². The van der Waals surface area contributed by atoms with Crippen LogP contribution in [0.4, 0.5) is 17.1 Å². The molecule has 0 atom stereocenters. The molecule has 13 aromatic carbocycles. The number of nitrogens with zero attached hydrogens (tertiary/aromatic N) is 1. The maximum Gasteiger partial charge on any atom is 0.0462 e. The maximum absolute atomic E-state index is 2.47. The third-order valence-electron chi connectivity index (χ3n) is 14.0. The van der Waals surface area contributed by atoms with Gasteiger partial charge in [0.15, 0.2) is 0 Å². The van der Waals surface area contributed by atoms with Crippen molar-refractivity contribution in [1.29, 1.82) is 0 Å². The maximum atomic E-state index is 2.47. The molecule has 0 aliphatic heterocycles. The highest BCUT2D eigenvalue weighted by Crippen LogP contribution is 2.51. The lowest BCUT2D eigenvalue weighted by Gasteiger charge is -2.26. The van der Waals surface area contributed by atoms with E-state index in [-0.39, 0.29) is 0 Å². The molecule has 0 spiro atoms. The van der Waals surface area contributed by atoms with Gasteiger partial charge in [-0.25, -0.2) is 0 Å². The van der Waals surface area contributed by atoms with Crippen LogP contribution in [-0.4, -0.2) is 0 Å². The molecule has 1 nitrogen and oxygen atoms in total. The van der Waals surface area contributed by atoms with E-state index in [1.54, 1.807) is 0 Å². The average molecular weight is 876 g/mol. The Morgan fingerprint density at radius 1 is 0.203 bits per heavy atom. The van der Waals surface area contributed by atoms with E-state index < -0.39 is 0 Å².